The molecule has 0 bridgehead atoms. The van der Waals surface area contributed by atoms with Gasteiger partial charge in [0, 0.05) is 24.7 Å². The molecule has 0 saturated heterocycles. The largest absolute Gasteiger partial charge is 0.492 e. The van der Waals surface area contributed by atoms with E-state index in [0.717, 1.165) is 29.9 Å². The first kappa shape index (κ1) is 13.5. The maximum absolute atomic E-state index is 5.60. The molecule has 0 aliphatic carbocycles. The number of hydrogen-bond donors (Lipinski definition) is 1. The molecule has 1 aromatic rings. The number of nitrogens with one attached hydrogen (secondary N) is 1. The number of halogens is 1. The molecule has 0 amide bonds. The molecule has 1 N–H and O–H groups in total. The average molecular weight is 288 g/mol. The van der Waals surface area contributed by atoms with Crippen LogP contribution in [0.5, 0.6) is 5.75 Å². The third-order valence-electron chi connectivity index (χ3n) is 2.16. The molecule has 0 unspecified atom stereocenters. The van der Waals surface area contributed by atoms with Crippen LogP contribution in [0.3, 0.4) is 0 Å². The molecule has 0 aliphatic rings. The molecule has 16 heavy (non-hydrogen) atoms. The molecular weight excluding hydrogens is 270 g/mol. The van der Waals surface area contributed by atoms with Crippen molar-refractivity contribution >= 4 is 15.9 Å². The molecule has 0 saturated carbocycles. The molecule has 0 aromatic heterocycles. The Morgan fingerprint density at radius 1 is 1.25 bits per heavy atom. The Balaban J connectivity index is 2.19. The van der Waals surface area contributed by atoms with Gasteiger partial charge in [-0.25, -0.2) is 0 Å². The van der Waals surface area contributed by atoms with E-state index in [9.17, 15) is 0 Å². The second-order valence-electron chi connectivity index (χ2n) is 3.50. The van der Waals surface area contributed by atoms with E-state index in [4.69, 9.17) is 9.47 Å². The van der Waals surface area contributed by atoms with Gasteiger partial charge >= 0.3 is 0 Å². The van der Waals surface area contributed by atoms with Crippen LogP contribution in [0, 0.1) is 6.92 Å². The van der Waals surface area contributed by atoms with Gasteiger partial charge in [0.15, 0.2) is 0 Å². The second kappa shape index (κ2) is 7.65. The Bertz CT molecular complexity index is 318. The Kier molecular flexibility index (Phi) is 6.45. The minimum atomic E-state index is 0.671. The van der Waals surface area contributed by atoms with Crippen molar-refractivity contribution in [3.8, 4) is 5.75 Å². The van der Waals surface area contributed by atoms with Crippen LogP contribution < -0.4 is 10.1 Å². The van der Waals surface area contributed by atoms with Gasteiger partial charge in [-0.2, -0.15) is 0 Å². The zero-order valence-electron chi connectivity index (χ0n) is 9.75. The predicted molar refractivity (Wildman–Crippen MR) is 69.1 cm³/mol. The van der Waals surface area contributed by atoms with Gasteiger partial charge in [-0.1, -0.05) is 15.9 Å². The fourth-order valence-electron chi connectivity index (χ4n) is 1.25. The highest BCUT2D eigenvalue weighted by molar-refractivity contribution is 9.10. The van der Waals surface area contributed by atoms with Crippen LogP contribution in [0.25, 0.3) is 0 Å². The Hall–Kier alpha value is -0.580. The molecule has 0 aliphatic heterocycles. The van der Waals surface area contributed by atoms with Gasteiger partial charge in [0.05, 0.1) is 6.61 Å². The molecule has 0 fully saturated rings. The van der Waals surface area contributed by atoms with Crippen LogP contribution in [-0.2, 0) is 4.74 Å². The number of benzene rings is 1. The highest BCUT2D eigenvalue weighted by Crippen LogP contribution is 2.21. The van der Waals surface area contributed by atoms with Gasteiger partial charge in [-0.15, -0.1) is 0 Å². The maximum atomic E-state index is 5.60. The van der Waals surface area contributed by atoms with Gasteiger partial charge in [0.2, 0.25) is 0 Å². The summed E-state index contributed by atoms with van der Waals surface area (Å²) in [5.41, 5.74) is 1.19. The van der Waals surface area contributed by atoms with Crippen LogP contribution in [0.15, 0.2) is 22.7 Å². The van der Waals surface area contributed by atoms with Crippen LogP contribution in [0.2, 0.25) is 0 Å². The fraction of sp³-hybridized carbons (Fsp3) is 0.500. The van der Waals surface area contributed by atoms with Crippen LogP contribution in [0.1, 0.15) is 5.56 Å². The zero-order valence-corrected chi connectivity index (χ0v) is 11.3. The van der Waals surface area contributed by atoms with E-state index in [2.05, 4.69) is 21.2 Å². The lowest BCUT2D eigenvalue weighted by Gasteiger charge is -2.08. The summed E-state index contributed by atoms with van der Waals surface area (Å²) in [4.78, 5) is 0. The summed E-state index contributed by atoms with van der Waals surface area (Å²) in [5, 5.41) is 3.22. The second-order valence-corrected chi connectivity index (χ2v) is 4.36. The summed E-state index contributed by atoms with van der Waals surface area (Å²) >= 11 is 3.46. The topological polar surface area (TPSA) is 30.5 Å². The van der Waals surface area contributed by atoms with Crippen molar-refractivity contribution in [2.45, 2.75) is 6.92 Å². The molecule has 0 radical (unpaired) electrons. The van der Waals surface area contributed by atoms with E-state index in [0.29, 0.717) is 6.61 Å². The Labute approximate surface area is 105 Å². The quantitative estimate of drug-likeness (QED) is 0.781. The lowest BCUT2D eigenvalue weighted by Crippen LogP contribution is -2.24. The minimum Gasteiger partial charge on any atom is -0.492 e. The third-order valence-corrected chi connectivity index (χ3v) is 3.05. The van der Waals surface area contributed by atoms with E-state index in [1.165, 1.54) is 5.56 Å². The van der Waals surface area contributed by atoms with Crippen molar-refractivity contribution in [3.05, 3.63) is 28.2 Å². The predicted octanol–water partition coefficient (Wildman–Crippen LogP) is 2.37. The first-order valence-electron chi connectivity index (χ1n) is 5.32. The highest BCUT2D eigenvalue weighted by atomic mass is 79.9. The Morgan fingerprint density at radius 2 is 2.00 bits per heavy atom. The van der Waals surface area contributed by atoms with Crippen molar-refractivity contribution in [3.63, 3.8) is 0 Å². The number of methoxy groups -OCH3 is 1. The lowest BCUT2D eigenvalue weighted by atomic mass is 10.2. The SMILES string of the molecule is COCCNCCOc1ccc(Br)c(C)c1. The fourth-order valence-corrected chi connectivity index (χ4v) is 1.49. The molecule has 0 heterocycles. The number of aryl methyl sites for hydroxylation is 1. The van der Waals surface area contributed by atoms with Gasteiger partial charge in [0.25, 0.3) is 0 Å². The molecule has 1 aromatic carbocycles. The van der Waals surface area contributed by atoms with E-state index in [-0.39, 0.29) is 0 Å². The van der Waals surface area contributed by atoms with Crippen LogP contribution in [-0.4, -0.2) is 33.4 Å². The smallest absolute Gasteiger partial charge is 0.119 e. The van der Waals surface area contributed by atoms with Crippen molar-refractivity contribution < 1.29 is 9.47 Å². The summed E-state index contributed by atoms with van der Waals surface area (Å²) in [6.45, 7) is 5.15. The van der Waals surface area contributed by atoms with Gasteiger partial charge in [-0.3, -0.25) is 0 Å². The lowest BCUT2D eigenvalue weighted by molar-refractivity contribution is 0.197. The standard InChI is InChI=1S/C12H18BrNO2/c1-10-9-11(3-4-12(10)13)16-8-6-14-5-7-15-2/h3-4,9,14H,5-8H2,1-2H3. The summed E-state index contributed by atoms with van der Waals surface area (Å²) in [6, 6.07) is 5.99. The minimum absolute atomic E-state index is 0.671. The monoisotopic (exact) mass is 287 g/mol. The normalized spacial score (nSPS) is 10.4. The molecule has 90 valence electrons. The van der Waals surface area contributed by atoms with Crippen LogP contribution in [0.4, 0.5) is 0 Å². The first-order chi connectivity index (χ1) is 7.74. The van der Waals surface area contributed by atoms with Gasteiger partial charge in [0.1, 0.15) is 12.4 Å². The first-order valence-corrected chi connectivity index (χ1v) is 6.12. The molecule has 0 atom stereocenters. The van der Waals surface area contributed by atoms with Crippen molar-refractivity contribution in [1.82, 2.24) is 5.32 Å². The van der Waals surface area contributed by atoms with Crippen LogP contribution >= 0.6 is 15.9 Å². The summed E-state index contributed by atoms with van der Waals surface area (Å²) in [7, 11) is 1.70. The molecular formula is C12H18BrNO2. The van der Waals surface area contributed by atoms with Gasteiger partial charge < -0.3 is 14.8 Å². The molecule has 4 heteroatoms. The van der Waals surface area contributed by atoms with Crippen molar-refractivity contribution in [1.29, 1.82) is 0 Å². The molecule has 0 spiro atoms. The van der Waals surface area contributed by atoms with E-state index < -0.39 is 0 Å². The van der Waals surface area contributed by atoms with Gasteiger partial charge in [-0.05, 0) is 30.7 Å². The number of hydrogen-bond acceptors (Lipinski definition) is 3. The summed E-state index contributed by atoms with van der Waals surface area (Å²) < 4.78 is 11.6. The van der Waals surface area contributed by atoms with E-state index in [1.807, 2.05) is 25.1 Å². The zero-order chi connectivity index (χ0) is 11.8. The van der Waals surface area contributed by atoms with Crippen molar-refractivity contribution in [2.75, 3.05) is 33.4 Å². The summed E-state index contributed by atoms with van der Waals surface area (Å²) in [6.07, 6.45) is 0. The maximum Gasteiger partial charge on any atom is 0.119 e. The molecule has 1 rings (SSSR count). The number of ether oxygens (including phenoxy) is 2. The van der Waals surface area contributed by atoms with E-state index >= 15 is 0 Å². The summed E-state index contributed by atoms with van der Waals surface area (Å²) in [5.74, 6) is 0.911. The average Bonchev–Trinajstić information content (AvgIpc) is 2.28. The molecule has 3 nitrogen and oxygen atoms in total. The van der Waals surface area contributed by atoms with Crippen molar-refractivity contribution in [2.24, 2.45) is 0 Å². The third kappa shape index (κ3) is 4.96. The highest BCUT2D eigenvalue weighted by Gasteiger charge is 1.97. The number of rotatable bonds is 7. The Morgan fingerprint density at radius 3 is 2.69 bits per heavy atom. The van der Waals surface area contributed by atoms with E-state index in [1.54, 1.807) is 7.11 Å².